The van der Waals surface area contributed by atoms with Crippen LogP contribution in [-0.4, -0.2) is 5.54 Å². The minimum atomic E-state index is -0.723. The molecule has 0 saturated carbocycles. The minimum Gasteiger partial charge on any atom is -0.399 e. The highest BCUT2D eigenvalue weighted by molar-refractivity contribution is 5.37. The van der Waals surface area contributed by atoms with Crippen LogP contribution in [0.3, 0.4) is 0 Å². The maximum Gasteiger partial charge on any atom is 0.162 e. The summed E-state index contributed by atoms with van der Waals surface area (Å²) in [5.74, 6) is 0. The molecule has 58 valence electrons. The van der Waals surface area contributed by atoms with Gasteiger partial charge in [-0.25, -0.2) is 0 Å². The predicted molar refractivity (Wildman–Crippen MR) is 43.2 cm³/mol. The molecule has 0 radical (unpaired) electrons. The molecule has 3 heteroatoms. The van der Waals surface area contributed by atoms with E-state index in [9.17, 15) is 0 Å². The lowest BCUT2D eigenvalue weighted by Gasteiger charge is -2.26. The van der Waals surface area contributed by atoms with Crippen molar-refractivity contribution in [2.45, 2.75) is 19.4 Å². The van der Waals surface area contributed by atoms with Gasteiger partial charge in [0.05, 0.1) is 6.07 Å². The van der Waals surface area contributed by atoms with E-state index in [1.165, 1.54) is 0 Å². The third-order valence-electron chi connectivity index (χ3n) is 1.77. The molecule has 0 saturated heterocycles. The zero-order valence-corrected chi connectivity index (χ0v) is 6.68. The lowest BCUT2D eigenvalue weighted by Crippen LogP contribution is -2.44. The summed E-state index contributed by atoms with van der Waals surface area (Å²) in [6.45, 7) is 3.68. The number of nitriles is 1. The molecule has 11 heavy (non-hydrogen) atoms. The monoisotopic (exact) mass is 149 g/mol. The van der Waals surface area contributed by atoms with E-state index in [0.29, 0.717) is 5.70 Å². The smallest absolute Gasteiger partial charge is 0.162 e. The topological polar surface area (TPSA) is 61.8 Å². The van der Waals surface area contributed by atoms with Crippen molar-refractivity contribution in [3.8, 4) is 6.07 Å². The number of nitrogens with two attached hydrogens (primary N) is 1. The van der Waals surface area contributed by atoms with Crippen LogP contribution < -0.4 is 11.1 Å². The van der Waals surface area contributed by atoms with E-state index in [1.54, 1.807) is 19.2 Å². The summed E-state index contributed by atoms with van der Waals surface area (Å²) in [5.41, 5.74) is 6.53. The number of nitrogens with one attached hydrogen (secondary N) is 1. The van der Waals surface area contributed by atoms with Gasteiger partial charge < -0.3 is 11.1 Å². The molecule has 3 nitrogen and oxygen atoms in total. The van der Waals surface area contributed by atoms with Crippen molar-refractivity contribution in [2.24, 2.45) is 5.73 Å². The van der Waals surface area contributed by atoms with Crippen molar-refractivity contribution >= 4 is 0 Å². The van der Waals surface area contributed by atoms with Crippen LogP contribution in [0, 0.1) is 11.3 Å². The molecular weight excluding hydrogens is 138 g/mol. The second-order valence-electron chi connectivity index (χ2n) is 2.87. The van der Waals surface area contributed by atoms with Crippen LogP contribution >= 0.6 is 0 Å². The second-order valence-corrected chi connectivity index (χ2v) is 2.87. The van der Waals surface area contributed by atoms with Crippen molar-refractivity contribution in [2.75, 3.05) is 0 Å². The fourth-order valence-electron chi connectivity index (χ4n) is 0.870. The molecule has 0 spiro atoms. The number of rotatable bonds is 0. The van der Waals surface area contributed by atoms with Crippen molar-refractivity contribution < 1.29 is 0 Å². The third kappa shape index (κ3) is 1.20. The molecule has 0 amide bonds. The molecule has 1 rings (SSSR count). The quantitative estimate of drug-likeness (QED) is 0.530. The Kier molecular flexibility index (Phi) is 1.61. The highest BCUT2D eigenvalue weighted by atomic mass is 15.0. The van der Waals surface area contributed by atoms with Gasteiger partial charge in [0.15, 0.2) is 5.54 Å². The van der Waals surface area contributed by atoms with E-state index in [-0.39, 0.29) is 0 Å². The number of nitrogens with zero attached hydrogens (tertiary/aromatic N) is 1. The number of allylic oxidation sites excluding steroid dienone is 2. The molecule has 1 aliphatic heterocycles. The first-order valence-electron chi connectivity index (χ1n) is 3.42. The maximum atomic E-state index is 8.74. The normalized spacial score (nSPS) is 29.5. The Morgan fingerprint density at radius 2 is 2.36 bits per heavy atom. The Balaban J connectivity index is 2.99. The number of hydrogen-bond donors (Lipinski definition) is 2. The van der Waals surface area contributed by atoms with Gasteiger partial charge in [-0.2, -0.15) is 5.26 Å². The Bertz CT molecular complexity index is 270. The van der Waals surface area contributed by atoms with E-state index in [1.807, 2.05) is 6.92 Å². The van der Waals surface area contributed by atoms with Gasteiger partial charge in [0.1, 0.15) is 0 Å². The molecule has 1 aliphatic rings. The molecule has 1 heterocycles. The van der Waals surface area contributed by atoms with Gasteiger partial charge in [-0.05, 0) is 25.5 Å². The maximum absolute atomic E-state index is 8.74. The van der Waals surface area contributed by atoms with Crippen molar-refractivity contribution in [1.29, 1.82) is 5.26 Å². The lowest BCUT2D eigenvalue weighted by atomic mass is 9.96. The molecule has 0 aromatic heterocycles. The zero-order chi connectivity index (χ0) is 8.48. The van der Waals surface area contributed by atoms with Gasteiger partial charge in [-0.3, -0.25) is 0 Å². The molecule has 0 bridgehead atoms. The molecule has 0 aromatic carbocycles. The lowest BCUT2D eigenvalue weighted by molar-refractivity contribution is 0.577. The van der Waals surface area contributed by atoms with Gasteiger partial charge >= 0.3 is 0 Å². The zero-order valence-electron chi connectivity index (χ0n) is 6.68. The summed E-state index contributed by atoms with van der Waals surface area (Å²) in [7, 11) is 0. The van der Waals surface area contributed by atoms with Crippen LogP contribution in [0.2, 0.25) is 0 Å². The van der Waals surface area contributed by atoms with Crippen LogP contribution in [0.5, 0.6) is 0 Å². The van der Waals surface area contributed by atoms with Gasteiger partial charge in [0, 0.05) is 11.9 Å². The summed E-state index contributed by atoms with van der Waals surface area (Å²) < 4.78 is 0. The van der Waals surface area contributed by atoms with Crippen LogP contribution in [0.25, 0.3) is 0 Å². The van der Waals surface area contributed by atoms with E-state index in [4.69, 9.17) is 11.0 Å². The third-order valence-corrected chi connectivity index (χ3v) is 1.77. The summed E-state index contributed by atoms with van der Waals surface area (Å²) in [6.07, 6.45) is 3.60. The van der Waals surface area contributed by atoms with E-state index in [2.05, 4.69) is 11.4 Å². The number of dihydropyridines is 1. The van der Waals surface area contributed by atoms with Crippen LogP contribution in [0.1, 0.15) is 13.8 Å². The second kappa shape index (κ2) is 2.31. The molecule has 1 unspecified atom stereocenters. The molecular formula is C8H11N3. The van der Waals surface area contributed by atoms with Crippen molar-refractivity contribution in [1.82, 2.24) is 5.32 Å². The van der Waals surface area contributed by atoms with E-state index < -0.39 is 5.54 Å². The minimum absolute atomic E-state index is 0.569. The molecule has 3 N–H and O–H groups in total. The van der Waals surface area contributed by atoms with Crippen LogP contribution in [0.15, 0.2) is 23.5 Å². The Hall–Kier alpha value is -1.43. The SMILES string of the molecule is CC1=CNC(C)(C#N)C(N)=C1. The fourth-order valence-corrected chi connectivity index (χ4v) is 0.870. The number of hydrogen-bond acceptors (Lipinski definition) is 3. The Morgan fingerprint density at radius 1 is 1.73 bits per heavy atom. The Labute approximate surface area is 66.2 Å². The van der Waals surface area contributed by atoms with Gasteiger partial charge in [0.2, 0.25) is 0 Å². The van der Waals surface area contributed by atoms with Gasteiger partial charge in [0.25, 0.3) is 0 Å². The highest BCUT2D eigenvalue weighted by Crippen LogP contribution is 2.16. The average Bonchev–Trinajstić information content (AvgIpc) is 1.98. The first-order valence-corrected chi connectivity index (χ1v) is 3.42. The molecule has 0 aliphatic carbocycles. The molecule has 1 atom stereocenters. The average molecular weight is 149 g/mol. The summed E-state index contributed by atoms with van der Waals surface area (Å²) in [6, 6.07) is 2.10. The predicted octanol–water partition coefficient (Wildman–Crippen LogP) is 0.618. The standard InChI is InChI=1S/C8H11N3/c1-6-3-7(10)8(2,5-9)11-4-6/h3-4,11H,10H2,1-2H3. The summed E-state index contributed by atoms with van der Waals surface area (Å²) >= 11 is 0. The van der Waals surface area contributed by atoms with E-state index in [0.717, 1.165) is 5.57 Å². The largest absolute Gasteiger partial charge is 0.399 e. The van der Waals surface area contributed by atoms with Crippen LogP contribution in [0.4, 0.5) is 0 Å². The van der Waals surface area contributed by atoms with Gasteiger partial charge in [-0.15, -0.1) is 0 Å². The molecule has 0 aromatic rings. The van der Waals surface area contributed by atoms with E-state index >= 15 is 0 Å². The summed E-state index contributed by atoms with van der Waals surface area (Å²) in [5, 5.41) is 11.7. The first-order chi connectivity index (χ1) is 5.08. The first kappa shape index (κ1) is 7.67. The van der Waals surface area contributed by atoms with Crippen LogP contribution in [-0.2, 0) is 0 Å². The van der Waals surface area contributed by atoms with Crippen molar-refractivity contribution in [3.63, 3.8) is 0 Å². The fraction of sp³-hybridized carbons (Fsp3) is 0.375. The summed E-state index contributed by atoms with van der Waals surface area (Å²) in [4.78, 5) is 0. The van der Waals surface area contributed by atoms with Crippen molar-refractivity contribution in [3.05, 3.63) is 23.5 Å². The van der Waals surface area contributed by atoms with Gasteiger partial charge in [-0.1, -0.05) is 0 Å². The molecule has 0 fully saturated rings. The highest BCUT2D eigenvalue weighted by Gasteiger charge is 2.27. The Morgan fingerprint density at radius 3 is 2.82 bits per heavy atom.